The molecule has 0 N–H and O–H groups in total. The first-order valence-corrected chi connectivity index (χ1v) is 11.7. The molecule has 2 aromatic rings. The van der Waals surface area contributed by atoms with E-state index in [0.29, 0.717) is 5.56 Å². The molecule has 1 atom stereocenters. The Labute approximate surface area is 203 Å². The molecule has 0 bridgehead atoms. The van der Waals surface area contributed by atoms with E-state index in [1.807, 2.05) is 42.5 Å². The van der Waals surface area contributed by atoms with Crippen LogP contribution in [0.5, 0.6) is 0 Å². The van der Waals surface area contributed by atoms with Gasteiger partial charge in [-0.1, -0.05) is 75.4 Å². The van der Waals surface area contributed by atoms with Crippen LogP contribution in [0, 0.1) is 17.3 Å². The highest BCUT2D eigenvalue weighted by Crippen LogP contribution is 2.38. The number of carbonyl (C=O) groups excluding carboxylic acids is 3. The van der Waals surface area contributed by atoms with Crippen LogP contribution in [0.3, 0.4) is 0 Å². The molecule has 0 aromatic heterocycles. The number of rotatable bonds is 7. The highest BCUT2D eigenvalue weighted by Gasteiger charge is 2.47. The number of benzene rings is 2. The minimum absolute atomic E-state index is 0.156. The summed E-state index contributed by atoms with van der Waals surface area (Å²) in [5, 5.41) is 0. The number of ether oxygens (including phenoxy) is 2. The topological polar surface area (TPSA) is 69.7 Å². The van der Waals surface area contributed by atoms with Crippen molar-refractivity contribution in [1.82, 2.24) is 0 Å². The maximum atomic E-state index is 13.6. The highest BCUT2D eigenvalue weighted by molar-refractivity contribution is 6.02. The van der Waals surface area contributed by atoms with Crippen molar-refractivity contribution in [2.24, 2.45) is 17.3 Å². The van der Waals surface area contributed by atoms with Crippen molar-refractivity contribution in [1.29, 1.82) is 0 Å². The lowest BCUT2D eigenvalue weighted by Gasteiger charge is -2.36. The van der Waals surface area contributed by atoms with E-state index in [-0.39, 0.29) is 5.78 Å². The van der Waals surface area contributed by atoms with Gasteiger partial charge in [0, 0.05) is 11.0 Å². The standard InChI is InChI=1S/C29H38O5/c1-19(23(25(31)33-27(2,3)4)26(32)34-28(5,6)7)29(8,9)24(30)22-17-15-21(16-18-22)20-13-11-10-12-14-20/h10-19,23H,1-9H3. The number of carbonyl (C=O) groups is 3. The molecule has 0 heterocycles. The average Bonchev–Trinajstić information content (AvgIpc) is 2.71. The summed E-state index contributed by atoms with van der Waals surface area (Å²) in [6.45, 7) is 15.7. The van der Waals surface area contributed by atoms with Crippen LogP contribution < -0.4 is 0 Å². The minimum Gasteiger partial charge on any atom is -0.459 e. The molecule has 0 saturated heterocycles. The Kier molecular flexibility index (Phi) is 8.13. The predicted octanol–water partition coefficient (Wildman–Crippen LogP) is 6.50. The van der Waals surface area contributed by atoms with Crippen molar-refractivity contribution in [2.45, 2.75) is 73.5 Å². The van der Waals surface area contributed by atoms with Gasteiger partial charge in [0.15, 0.2) is 11.7 Å². The van der Waals surface area contributed by atoms with Crippen LogP contribution in [-0.2, 0) is 19.1 Å². The Bertz CT molecular complexity index is 977. The van der Waals surface area contributed by atoms with Crippen molar-refractivity contribution in [2.75, 3.05) is 0 Å². The van der Waals surface area contributed by atoms with Crippen LogP contribution >= 0.6 is 0 Å². The summed E-state index contributed by atoms with van der Waals surface area (Å²) in [6.07, 6.45) is 0. The van der Waals surface area contributed by atoms with E-state index in [1.165, 1.54) is 0 Å². The molecule has 0 aliphatic heterocycles. The molecule has 184 valence electrons. The fraction of sp³-hybridized carbons (Fsp3) is 0.483. The zero-order valence-corrected chi connectivity index (χ0v) is 21.9. The summed E-state index contributed by atoms with van der Waals surface area (Å²) in [7, 11) is 0. The summed E-state index contributed by atoms with van der Waals surface area (Å²) in [5.74, 6) is -3.43. The van der Waals surface area contributed by atoms with E-state index < -0.39 is 40.4 Å². The van der Waals surface area contributed by atoms with Gasteiger partial charge in [-0.3, -0.25) is 14.4 Å². The molecule has 2 rings (SSSR count). The maximum Gasteiger partial charge on any atom is 0.321 e. The van der Waals surface area contributed by atoms with Crippen LogP contribution in [0.1, 0.15) is 72.7 Å². The van der Waals surface area contributed by atoms with Crippen molar-refractivity contribution < 1.29 is 23.9 Å². The van der Waals surface area contributed by atoms with E-state index in [4.69, 9.17) is 9.47 Å². The molecule has 0 aliphatic rings. The Balaban J connectivity index is 2.36. The lowest BCUT2D eigenvalue weighted by molar-refractivity contribution is -0.178. The fourth-order valence-electron chi connectivity index (χ4n) is 3.68. The Morgan fingerprint density at radius 3 is 1.47 bits per heavy atom. The molecular weight excluding hydrogens is 428 g/mol. The van der Waals surface area contributed by atoms with E-state index in [2.05, 4.69) is 0 Å². The number of ketones is 1. The minimum atomic E-state index is -1.24. The lowest BCUT2D eigenvalue weighted by Crippen LogP contribution is -2.46. The molecule has 0 radical (unpaired) electrons. The van der Waals surface area contributed by atoms with Gasteiger partial charge in [0.2, 0.25) is 0 Å². The van der Waals surface area contributed by atoms with Crippen LogP contribution in [0.4, 0.5) is 0 Å². The van der Waals surface area contributed by atoms with Gasteiger partial charge in [0.1, 0.15) is 11.2 Å². The van der Waals surface area contributed by atoms with Gasteiger partial charge in [-0.2, -0.15) is 0 Å². The van der Waals surface area contributed by atoms with Gasteiger partial charge in [-0.15, -0.1) is 0 Å². The molecule has 0 aliphatic carbocycles. The third-order valence-corrected chi connectivity index (χ3v) is 5.80. The molecule has 34 heavy (non-hydrogen) atoms. The quantitative estimate of drug-likeness (QED) is 0.265. The second-order valence-electron chi connectivity index (χ2n) is 11.3. The first kappa shape index (κ1) is 27.3. The van der Waals surface area contributed by atoms with Crippen LogP contribution in [0.25, 0.3) is 11.1 Å². The summed E-state index contributed by atoms with van der Waals surface area (Å²) >= 11 is 0. The second-order valence-corrected chi connectivity index (χ2v) is 11.3. The number of hydrogen-bond acceptors (Lipinski definition) is 5. The van der Waals surface area contributed by atoms with E-state index >= 15 is 0 Å². The molecule has 0 saturated carbocycles. The van der Waals surface area contributed by atoms with Crippen molar-refractivity contribution in [3.8, 4) is 11.1 Å². The fourth-order valence-corrected chi connectivity index (χ4v) is 3.68. The molecular formula is C29H38O5. The average molecular weight is 467 g/mol. The van der Waals surface area contributed by atoms with E-state index in [1.54, 1.807) is 74.4 Å². The zero-order valence-electron chi connectivity index (χ0n) is 21.9. The molecule has 5 heteroatoms. The summed E-state index contributed by atoms with van der Waals surface area (Å²) in [5.41, 5.74) is -0.0138. The molecule has 5 nitrogen and oxygen atoms in total. The molecule has 0 spiro atoms. The van der Waals surface area contributed by atoms with Gasteiger partial charge in [-0.25, -0.2) is 0 Å². The number of esters is 2. The third-order valence-electron chi connectivity index (χ3n) is 5.80. The number of Topliss-reactive ketones (excluding diaryl/α,β-unsaturated/α-hetero) is 1. The van der Waals surface area contributed by atoms with Gasteiger partial charge in [0.25, 0.3) is 0 Å². The van der Waals surface area contributed by atoms with Gasteiger partial charge in [-0.05, 0) is 58.6 Å². The third kappa shape index (κ3) is 7.02. The summed E-state index contributed by atoms with van der Waals surface area (Å²) in [6, 6.07) is 17.3. The van der Waals surface area contributed by atoms with Crippen LogP contribution in [0.2, 0.25) is 0 Å². The maximum absolute atomic E-state index is 13.6. The Hall–Kier alpha value is -2.95. The van der Waals surface area contributed by atoms with Crippen LogP contribution in [0.15, 0.2) is 54.6 Å². The number of hydrogen-bond donors (Lipinski definition) is 0. The normalized spacial score (nSPS) is 13.4. The van der Waals surface area contributed by atoms with Crippen molar-refractivity contribution in [3.63, 3.8) is 0 Å². The first-order chi connectivity index (χ1) is 15.5. The second kappa shape index (κ2) is 10.1. The lowest BCUT2D eigenvalue weighted by atomic mass is 9.68. The van der Waals surface area contributed by atoms with Crippen molar-refractivity contribution >= 4 is 17.7 Å². The van der Waals surface area contributed by atoms with Crippen molar-refractivity contribution in [3.05, 3.63) is 60.2 Å². The Morgan fingerprint density at radius 1 is 0.647 bits per heavy atom. The molecule has 0 amide bonds. The zero-order chi connectivity index (χ0) is 25.9. The SMILES string of the molecule is CC(C(C(=O)OC(C)(C)C)C(=O)OC(C)(C)C)C(C)(C)C(=O)c1ccc(-c2ccccc2)cc1. The monoisotopic (exact) mass is 466 g/mol. The smallest absolute Gasteiger partial charge is 0.321 e. The Morgan fingerprint density at radius 2 is 1.06 bits per heavy atom. The van der Waals surface area contributed by atoms with E-state index in [0.717, 1.165) is 11.1 Å². The van der Waals surface area contributed by atoms with Gasteiger partial charge < -0.3 is 9.47 Å². The summed E-state index contributed by atoms with van der Waals surface area (Å²) in [4.78, 5) is 39.8. The van der Waals surface area contributed by atoms with Gasteiger partial charge in [0.05, 0.1) is 0 Å². The predicted molar refractivity (Wildman–Crippen MR) is 134 cm³/mol. The molecule has 2 aromatic carbocycles. The summed E-state index contributed by atoms with van der Waals surface area (Å²) < 4.78 is 11.1. The highest BCUT2D eigenvalue weighted by atomic mass is 16.6. The van der Waals surface area contributed by atoms with Crippen LogP contribution in [-0.4, -0.2) is 28.9 Å². The largest absolute Gasteiger partial charge is 0.459 e. The van der Waals surface area contributed by atoms with Gasteiger partial charge >= 0.3 is 11.9 Å². The first-order valence-electron chi connectivity index (χ1n) is 11.7. The molecule has 1 unspecified atom stereocenters. The van der Waals surface area contributed by atoms with E-state index in [9.17, 15) is 14.4 Å². The molecule has 0 fully saturated rings.